The molecular weight excluding hydrogens is 508 g/mol. The second kappa shape index (κ2) is 11.1. The molecule has 0 bridgehead atoms. The molecule has 2 aromatic carbocycles. The normalized spacial score (nSPS) is 14.9. The molecule has 0 radical (unpaired) electrons. The Morgan fingerprint density at radius 2 is 1.71 bits per heavy atom. The molecule has 9 nitrogen and oxygen atoms in total. The Hall–Kier alpha value is -4.15. The molecule has 0 unspecified atom stereocenters. The van der Waals surface area contributed by atoms with E-state index in [1.165, 1.54) is 23.1 Å². The van der Waals surface area contributed by atoms with Crippen molar-refractivity contribution in [3.05, 3.63) is 94.6 Å². The molecule has 0 atom stereocenters. The molecule has 0 aliphatic carbocycles. The first-order chi connectivity index (χ1) is 18.1. The van der Waals surface area contributed by atoms with E-state index in [1.54, 1.807) is 69.5 Å². The quantitative estimate of drug-likeness (QED) is 0.319. The van der Waals surface area contributed by atoms with E-state index in [4.69, 9.17) is 13.9 Å². The molecule has 0 saturated heterocycles. The topological polar surface area (TPSA) is 115 Å². The number of aryl methyl sites for hydroxylation is 1. The number of nitrogens with one attached hydrogen (secondary N) is 1. The number of sulfonamides is 1. The lowest BCUT2D eigenvalue weighted by molar-refractivity contribution is -0.138. The standard InChI is InChI=1S/C28H28N2O7S/c1-5-36-28(32)26-19(3)30(20-8-10-21(35-4)11-9-20)27(31)25(26)16-22-12-13-23(37-22)17-29-38(33,34)24-14-6-18(2)7-15-24/h6-16,29H,5,17H2,1-4H3/b25-16+. The zero-order valence-corrected chi connectivity index (χ0v) is 22.3. The summed E-state index contributed by atoms with van der Waals surface area (Å²) in [4.78, 5) is 27.9. The predicted octanol–water partition coefficient (Wildman–Crippen LogP) is 4.34. The first-order valence-electron chi connectivity index (χ1n) is 11.9. The number of methoxy groups -OCH3 is 1. The van der Waals surface area contributed by atoms with E-state index in [0.717, 1.165) is 5.56 Å². The van der Waals surface area contributed by atoms with Gasteiger partial charge in [-0.2, -0.15) is 0 Å². The highest BCUT2D eigenvalue weighted by atomic mass is 32.2. The minimum Gasteiger partial charge on any atom is -0.497 e. The highest BCUT2D eigenvalue weighted by molar-refractivity contribution is 7.89. The third kappa shape index (κ3) is 5.56. The lowest BCUT2D eigenvalue weighted by atomic mass is 10.1. The number of carbonyl (C=O) groups is 2. The number of rotatable bonds is 9. The average molecular weight is 537 g/mol. The summed E-state index contributed by atoms with van der Waals surface area (Å²) in [6.07, 6.45) is 1.46. The van der Waals surface area contributed by atoms with Crippen LogP contribution in [0.1, 0.15) is 30.9 Å². The number of nitrogens with zero attached hydrogens (tertiary/aromatic N) is 1. The van der Waals surface area contributed by atoms with Gasteiger partial charge in [-0.1, -0.05) is 17.7 Å². The molecular formula is C28H28N2O7S. The Morgan fingerprint density at radius 1 is 1.03 bits per heavy atom. The number of esters is 1. The van der Waals surface area contributed by atoms with E-state index in [0.29, 0.717) is 22.9 Å². The van der Waals surface area contributed by atoms with Crippen LogP contribution in [0.3, 0.4) is 0 Å². The number of furan rings is 1. The van der Waals surface area contributed by atoms with Gasteiger partial charge in [-0.3, -0.25) is 9.69 Å². The van der Waals surface area contributed by atoms with Crippen LogP contribution >= 0.6 is 0 Å². The maximum absolute atomic E-state index is 13.5. The molecule has 2 heterocycles. The molecule has 4 rings (SSSR count). The maximum atomic E-state index is 13.5. The van der Waals surface area contributed by atoms with E-state index in [9.17, 15) is 18.0 Å². The molecule has 0 fully saturated rings. The number of amides is 1. The number of hydrogen-bond donors (Lipinski definition) is 1. The van der Waals surface area contributed by atoms with E-state index in [2.05, 4.69) is 4.72 Å². The summed E-state index contributed by atoms with van der Waals surface area (Å²) in [5.41, 5.74) is 2.17. The lowest BCUT2D eigenvalue weighted by Gasteiger charge is -2.18. The highest BCUT2D eigenvalue weighted by Gasteiger charge is 2.38. The van der Waals surface area contributed by atoms with Crippen LogP contribution in [0.2, 0.25) is 0 Å². The summed E-state index contributed by atoms with van der Waals surface area (Å²) in [6.45, 7) is 5.28. The summed E-state index contributed by atoms with van der Waals surface area (Å²) in [5, 5.41) is 0. The van der Waals surface area contributed by atoms with Crippen molar-refractivity contribution in [1.82, 2.24) is 4.72 Å². The number of anilines is 1. The van der Waals surface area contributed by atoms with Gasteiger partial charge in [0, 0.05) is 11.4 Å². The summed E-state index contributed by atoms with van der Waals surface area (Å²) < 4.78 is 43.9. The van der Waals surface area contributed by atoms with Crippen LogP contribution in [-0.2, 0) is 30.9 Å². The fourth-order valence-corrected chi connectivity index (χ4v) is 4.99. The number of carbonyl (C=O) groups excluding carboxylic acids is 2. The van der Waals surface area contributed by atoms with Crippen LogP contribution in [-0.4, -0.2) is 34.0 Å². The van der Waals surface area contributed by atoms with Crippen LogP contribution in [0.5, 0.6) is 5.75 Å². The minimum atomic E-state index is -3.74. The molecule has 1 amide bonds. The van der Waals surface area contributed by atoms with E-state index < -0.39 is 21.9 Å². The van der Waals surface area contributed by atoms with Crippen molar-refractivity contribution in [2.75, 3.05) is 18.6 Å². The second-order valence-electron chi connectivity index (χ2n) is 8.52. The van der Waals surface area contributed by atoms with Gasteiger partial charge < -0.3 is 13.9 Å². The number of allylic oxidation sites excluding steroid dienone is 1. The van der Waals surface area contributed by atoms with Crippen molar-refractivity contribution < 1.29 is 31.9 Å². The van der Waals surface area contributed by atoms with Crippen molar-refractivity contribution >= 4 is 33.7 Å². The first kappa shape index (κ1) is 26.9. The van der Waals surface area contributed by atoms with Crippen molar-refractivity contribution in [2.24, 2.45) is 0 Å². The van der Waals surface area contributed by atoms with Crippen molar-refractivity contribution in [3.8, 4) is 5.75 Å². The van der Waals surface area contributed by atoms with E-state index in [1.807, 2.05) is 6.92 Å². The summed E-state index contributed by atoms with van der Waals surface area (Å²) >= 11 is 0. The number of ether oxygens (including phenoxy) is 2. The van der Waals surface area contributed by atoms with Crippen molar-refractivity contribution in [3.63, 3.8) is 0 Å². The summed E-state index contributed by atoms with van der Waals surface area (Å²) in [6, 6.07) is 16.6. The van der Waals surface area contributed by atoms with Gasteiger partial charge in [-0.25, -0.2) is 17.9 Å². The molecule has 1 aliphatic heterocycles. The molecule has 1 aromatic heterocycles. The monoisotopic (exact) mass is 536 g/mol. The third-order valence-electron chi connectivity index (χ3n) is 5.95. The maximum Gasteiger partial charge on any atom is 0.340 e. The Balaban J connectivity index is 1.60. The number of benzene rings is 2. The Labute approximate surface area is 221 Å². The van der Waals surface area contributed by atoms with Gasteiger partial charge in [0.2, 0.25) is 10.0 Å². The van der Waals surface area contributed by atoms with Crippen molar-refractivity contribution in [1.29, 1.82) is 0 Å². The molecule has 10 heteroatoms. The lowest BCUT2D eigenvalue weighted by Crippen LogP contribution is -2.24. The zero-order valence-electron chi connectivity index (χ0n) is 21.5. The molecule has 1 aliphatic rings. The SMILES string of the molecule is CCOC(=O)C1=C(C)N(c2ccc(OC)cc2)C(=O)/C1=C/c1ccc(CNS(=O)(=O)c2ccc(C)cc2)o1. The van der Waals surface area contributed by atoms with Gasteiger partial charge in [0.05, 0.1) is 36.3 Å². The zero-order chi connectivity index (χ0) is 27.4. The third-order valence-corrected chi connectivity index (χ3v) is 7.36. The molecule has 38 heavy (non-hydrogen) atoms. The average Bonchev–Trinajstić information content (AvgIpc) is 3.45. The van der Waals surface area contributed by atoms with Gasteiger partial charge in [-0.15, -0.1) is 0 Å². The highest BCUT2D eigenvalue weighted by Crippen LogP contribution is 2.36. The Kier molecular flexibility index (Phi) is 7.84. The predicted molar refractivity (Wildman–Crippen MR) is 142 cm³/mol. The van der Waals surface area contributed by atoms with Crippen LogP contribution in [0, 0.1) is 6.92 Å². The summed E-state index contributed by atoms with van der Waals surface area (Å²) in [5.74, 6) is 0.198. The largest absolute Gasteiger partial charge is 0.497 e. The van der Waals surface area contributed by atoms with Crippen LogP contribution < -0.4 is 14.4 Å². The minimum absolute atomic E-state index is 0.0924. The fourth-order valence-electron chi connectivity index (χ4n) is 4.00. The van der Waals surface area contributed by atoms with Gasteiger partial charge in [-0.05, 0) is 75.4 Å². The molecule has 198 valence electrons. The van der Waals surface area contributed by atoms with E-state index in [-0.39, 0.29) is 35.0 Å². The Bertz CT molecular complexity index is 1520. The van der Waals surface area contributed by atoms with E-state index >= 15 is 0 Å². The molecule has 3 aromatic rings. The van der Waals surface area contributed by atoms with Crippen LogP contribution in [0.25, 0.3) is 6.08 Å². The smallest absolute Gasteiger partial charge is 0.340 e. The van der Waals surface area contributed by atoms with Gasteiger partial charge >= 0.3 is 5.97 Å². The number of hydrogen-bond acceptors (Lipinski definition) is 7. The van der Waals surface area contributed by atoms with Gasteiger partial charge in [0.1, 0.15) is 17.3 Å². The molecule has 1 N–H and O–H groups in total. The van der Waals surface area contributed by atoms with Crippen LogP contribution in [0.15, 0.2) is 86.8 Å². The molecule has 0 saturated carbocycles. The Morgan fingerprint density at radius 3 is 2.34 bits per heavy atom. The fraction of sp³-hybridized carbons (Fsp3) is 0.214. The molecule has 0 spiro atoms. The van der Waals surface area contributed by atoms with Crippen LogP contribution in [0.4, 0.5) is 5.69 Å². The second-order valence-corrected chi connectivity index (χ2v) is 10.3. The first-order valence-corrected chi connectivity index (χ1v) is 13.4. The van der Waals surface area contributed by atoms with Crippen molar-refractivity contribution in [2.45, 2.75) is 32.2 Å². The summed E-state index contributed by atoms with van der Waals surface area (Å²) in [7, 11) is -2.19. The van der Waals surface area contributed by atoms with Gasteiger partial charge in [0.25, 0.3) is 5.91 Å². The van der Waals surface area contributed by atoms with Gasteiger partial charge in [0.15, 0.2) is 0 Å².